The second-order valence-corrected chi connectivity index (χ2v) is 5.64. The van der Waals surface area contributed by atoms with Crippen LogP contribution in [0.2, 0.25) is 0 Å². The van der Waals surface area contributed by atoms with Crippen molar-refractivity contribution in [1.29, 1.82) is 0 Å². The molecule has 0 saturated carbocycles. The van der Waals surface area contributed by atoms with Crippen LogP contribution >= 0.6 is 11.8 Å². The van der Waals surface area contributed by atoms with Crippen LogP contribution in [0.15, 0.2) is 5.16 Å². The number of unbranched alkanes of at least 4 members (excludes halogenated alkanes) is 3. The van der Waals surface area contributed by atoms with Crippen molar-refractivity contribution < 1.29 is 4.79 Å². The number of amides is 1. The van der Waals surface area contributed by atoms with Gasteiger partial charge in [-0.15, -0.1) is 5.10 Å². The van der Waals surface area contributed by atoms with E-state index in [0.717, 1.165) is 13.0 Å². The molecule has 0 radical (unpaired) electrons. The number of carbonyl (C=O) groups is 1. The molecule has 0 fully saturated rings. The van der Waals surface area contributed by atoms with E-state index in [1.54, 1.807) is 4.68 Å². The van der Waals surface area contributed by atoms with Crippen molar-refractivity contribution in [3.63, 3.8) is 0 Å². The van der Waals surface area contributed by atoms with Crippen LogP contribution in [0.5, 0.6) is 0 Å². The molecule has 0 aliphatic carbocycles. The molecular weight excluding hydrogens is 262 g/mol. The summed E-state index contributed by atoms with van der Waals surface area (Å²) in [6.07, 6.45) is 4.67. The third kappa shape index (κ3) is 6.04. The zero-order chi connectivity index (χ0) is 14.1. The quantitative estimate of drug-likeness (QED) is 0.555. The molecule has 19 heavy (non-hydrogen) atoms. The number of hydrogen-bond acceptors (Lipinski definition) is 5. The highest BCUT2D eigenvalue weighted by molar-refractivity contribution is 7.99. The smallest absolute Gasteiger partial charge is 0.230 e. The fraction of sp³-hybridized carbons (Fsp3) is 0.833. The lowest BCUT2D eigenvalue weighted by molar-refractivity contribution is -0.118. The Morgan fingerprint density at radius 3 is 2.84 bits per heavy atom. The average Bonchev–Trinajstić information content (AvgIpc) is 2.84. The molecule has 7 heteroatoms. The van der Waals surface area contributed by atoms with Gasteiger partial charge >= 0.3 is 0 Å². The maximum absolute atomic E-state index is 11.6. The van der Waals surface area contributed by atoms with Crippen molar-refractivity contribution in [1.82, 2.24) is 25.5 Å². The fourth-order valence-electron chi connectivity index (χ4n) is 1.57. The van der Waals surface area contributed by atoms with Crippen LogP contribution in [-0.2, 0) is 4.79 Å². The number of nitrogens with zero attached hydrogens (tertiary/aromatic N) is 4. The molecule has 108 valence electrons. The number of tetrazole rings is 1. The molecule has 1 amide bonds. The predicted octanol–water partition coefficient (Wildman–Crippen LogP) is 2.04. The van der Waals surface area contributed by atoms with Gasteiger partial charge in [-0.2, -0.15) is 0 Å². The lowest BCUT2D eigenvalue weighted by Gasteiger charge is -2.07. The first-order valence-corrected chi connectivity index (χ1v) is 7.81. The fourth-order valence-corrected chi connectivity index (χ4v) is 2.40. The van der Waals surface area contributed by atoms with E-state index in [4.69, 9.17) is 0 Å². The van der Waals surface area contributed by atoms with E-state index in [1.165, 1.54) is 31.0 Å². The number of thioether (sulfide) groups is 1. The predicted molar refractivity (Wildman–Crippen MR) is 76.1 cm³/mol. The minimum atomic E-state index is 0.0415. The number of aromatic nitrogens is 4. The van der Waals surface area contributed by atoms with Crippen LogP contribution in [0, 0.1) is 0 Å². The van der Waals surface area contributed by atoms with Crippen LogP contribution in [0.1, 0.15) is 52.5 Å². The summed E-state index contributed by atoms with van der Waals surface area (Å²) in [6, 6.07) is 0.203. The SMILES string of the molecule is CCCCCCNC(=O)CSc1nnnn1C(C)C. The van der Waals surface area contributed by atoms with Crippen molar-refractivity contribution in [2.45, 2.75) is 57.7 Å². The first kappa shape index (κ1) is 15.9. The van der Waals surface area contributed by atoms with Crippen molar-refractivity contribution in [2.75, 3.05) is 12.3 Å². The normalized spacial score (nSPS) is 10.9. The Morgan fingerprint density at radius 2 is 2.16 bits per heavy atom. The minimum absolute atomic E-state index is 0.0415. The first-order chi connectivity index (χ1) is 9.15. The van der Waals surface area contributed by atoms with Crippen molar-refractivity contribution in [3.05, 3.63) is 0 Å². The van der Waals surface area contributed by atoms with E-state index in [0.29, 0.717) is 10.9 Å². The van der Waals surface area contributed by atoms with Gasteiger partial charge in [0.05, 0.1) is 11.8 Å². The highest BCUT2D eigenvalue weighted by atomic mass is 32.2. The van der Waals surface area contributed by atoms with Gasteiger partial charge in [0, 0.05) is 6.54 Å². The summed E-state index contributed by atoms with van der Waals surface area (Å²) in [5.74, 6) is 0.403. The molecule has 0 aliphatic rings. The molecule has 0 unspecified atom stereocenters. The van der Waals surface area contributed by atoms with Gasteiger partial charge in [0.25, 0.3) is 0 Å². The van der Waals surface area contributed by atoms with Crippen molar-refractivity contribution >= 4 is 17.7 Å². The molecule has 0 aliphatic heterocycles. The maximum atomic E-state index is 11.6. The number of rotatable bonds is 9. The molecule has 6 nitrogen and oxygen atoms in total. The Hall–Kier alpha value is -1.11. The third-order valence-electron chi connectivity index (χ3n) is 2.64. The summed E-state index contributed by atoms with van der Waals surface area (Å²) in [4.78, 5) is 11.6. The summed E-state index contributed by atoms with van der Waals surface area (Å²) < 4.78 is 1.72. The van der Waals surface area contributed by atoms with Gasteiger partial charge in [-0.3, -0.25) is 4.79 Å². The summed E-state index contributed by atoms with van der Waals surface area (Å²) in [5, 5.41) is 15.0. The molecule has 0 spiro atoms. The first-order valence-electron chi connectivity index (χ1n) is 6.82. The van der Waals surface area contributed by atoms with Crippen LogP contribution in [0.4, 0.5) is 0 Å². The van der Waals surface area contributed by atoms with E-state index in [1.807, 2.05) is 13.8 Å². The van der Waals surface area contributed by atoms with Gasteiger partial charge in [-0.05, 0) is 30.7 Å². The standard InChI is InChI=1S/C12H23N5OS/c1-4-5-6-7-8-13-11(18)9-19-12-14-15-16-17(12)10(2)3/h10H,4-9H2,1-3H3,(H,13,18). The molecule has 1 aromatic rings. The van der Waals surface area contributed by atoms with Gasteiger partial charge in [0.2, 0.25) is 11.1 Å². The molecule has 0 aromatic carbocycles. The van der Waals surface area contributed by atoms with Crippen LogP contribution in [0.25, 0.3) is 0 Å². The third-order valence-corrected chi connectivity index (χ3v) is 3.57. The lowest BCUT2D eigenvalue weighted by atomic mass is 10.2. The van der Waals surface area contributed by atoms with Gasteiger partial charge in [-0.1, -0.05) is 37.9 Å². The molecule has 0 bridgehead atoms. The van der Waals surface area contributed by atoms with Gasteiger partial charge in [-0.25, -0.2) is 4.68 Å². The number of nitrogens with one attached hydrogen (secondary N) is 1. The monoisotopic (exact) mass is 285 g/mol. The molecule has 1 N–H and O–H groups in total. The zero-order valence-electron chi connectivity index (χ0n) is 11.9. The van der Waals surface area contributed by atoms with E-state index in [-0.39, 0.29) is 11.9 Å². The van der Waals surface area contributed by atoms with E-state index < -0.39 is 0 Å². The van der Waals surface area contributed by atoms with Gasteiger partial charge < -0.3 is 5.32 Å². The second kappa shape index (κ2) is 8.90. The van der Waals surface area contributed by atoms with Crippen LogP contribution < -0.4 is 5.32 Å². The average molecular weight is 285 g/mol. The summed E-state index contributed by atoms with van der Waals surface area (Å²) in [5.41, 5.74) is 0. The highest BCUT2D eigenvalue weighted by Crippen LogP contribution is 2.16. The summed E-state index contributed by atoms with van der Waals surface area (Å²) in [7, 11) is 0. The molecular formula is C12H23N5OS. The van der Waals surface area contributed by atoms with Crippen molar-refractivity contribution in [2.24, 2.45) is 0 Å². The summed E-state index contributed by atoms with van der Waals surface area (Å²) in [6.45, 7) is 6.95. The summed E-state index contributed by atoms with van der Waals surface area (Å²) >= 11 is 1.37. The van der Waals surface area contributed by atoms with Gasteiger partial charge in [0.15, 0.2) is 0 Å². The zero-order valence-corrected chi connectivity index (χ0v) is 12.7. The largest absolute Gasteiger partial charge is 0.355 e. The second-order valence-electron chi connectivity index (χ2n) is 4.70. The Labute approximate surface area is 118 Å². The Balaban J connectivity index is 2.21. The number of carbonyl (C=O) groups excluding carboxylic acids is 1. The Morgan fingerprint density at radius 1 is 1.37 bits per heavy atom. The van der Waals surface area contributed by atoms with Crippen LogP contribution in [-0.4, -0.2) is 38.4 Å². The van der Waals surface area contributed by atoms with E-state index >= 15 is 0 Å². The van der Waals surface area contributed by atoms with Crippen molar-refractivity contribution in [3.8, 4) is 0 Å². The van der Waals surface area contributed by atoms with E-state index in [2.05, 4.69) is 27.8 Å². The Kier molecular flexibility index (Phi) is 7.47. The molecule has 1 aromatic heterocycles. The van der Waals surface area contributed by atoms with Gasteiger partial charge in [0.1, 0.15) is 0 Å². The topological polar surface area (TPSA) is 72.7 Å². The molecule has 0 atom stereocenters. The molecule has 1 heterocycles. The highest BCUT2D eigenvalue weighted by Gasteiger charge is 2.11. The minimum Gasteiger partial charge on any atom is -0.355 e. The Bertz CT molecular complexity index is 380. The van der Waals surface area contributed by atoms with Crippen LogP contribution in [0.3, 0.4) is 0 Å². The lowest BCUT2D eigenvalue weighted by Crippen LogP contribution is -2.26. The molecule has 1 rings (SSSR count). The van der Waals surface area contributed by atoms with E-state index in [9.17, 15) is 4.79 Å². The molecule has 0 saturated heterocycles. The maximum Gasteiger partial charge on any atom is 0.230 e. The number of hydrogen-bond donors (Lipinski definition) is 1.